The smallest absolute Gasteiger partial charge is 0.315 e. The van der Waals surface area contributed by atoms with Gasteiger partial charge in [0, 0.05) is 36.7 Å². The third kappa shape index (κ3) is 3.59. The normalized spacial score (nSPS) is 23.0. The summed E-state index contributed by atoms with van der Waals surface area (Å²) in [5.41, 5.74) is 0.994. The average Bonchev–Trinajstić information content (AvgIpc) is 3.01. The average molecular weight is 338 g/mol. The second-order valence-electron chi connectivity index (χ2n) is 6.02. The van der Waals surface area contributed by atoms with Gasteiger partial charge in [-0.3, -0.25) is 4.79 Å². The van der Waals surface area contributed by atoms with Crippen LogP contribution in [0.4, 0.5) is 4.79 Å². The number of carbonyl (C=O) groups excluding carboxylic acids is 2. The summed E-state index contributed by atoms with van der Waals surface area (Å²) >= 11 is 5.98. The van der Waals surface area contributed by atoms with Crippen molar-refractivity contribution in [3.63, 3.8) is 0 Å². The molecule has 0 saturated carbocycles. The molecule has 0 unspecified atom stereocenters. The van der Waals surface area contributed by atoms with E-state index in [9.17, 15) is 9.59 Å². The minimum Gasteiger partial charge on any atom is -0.381 e. The molecule has 2 fully saturated rings. The van der Waals surface area contributed by atoms with Crippen LogP contribution < -0.4 is 16.0 Å². The number of nitrogens with one attached hydrogen (secondary N) is 3. The second-order valence-corrected chi connectivity index (χ2v) is 6.46. The molecular weight excluding hydrogens is 318 g/mol. The van der Waals surface area contributed by atoms with Crippen LogP contribution in [0, 0.1) is 0 Å². The van der Waals surface area contributed by atoms with E-state index in [0.717, 1.165) is 18.4 Å². The number of carbonyl (C=O) groups is 2. The Labute approximate surface area is 139 Å². The van der Waals surface area contributed by atoms with Gasteiger partial charge in [-0.1, -0.05) is 23.7 Å². The number of halogens is 1. The van der Waals surface area contributed by atoms with Gasteiger partial charge in [0.2, 0.25) is 5.91 Å². The Bertz CT molecular complexity index is 585. The lowest BCUT2D eigenvalue weighted by Gasteiger charge is -2.38. The molecule has 0 spiro atoms. The lowest BCUT2D eigenvalue weighted by atomic mass is 9.74. The Morgan fingerprint density at radius 2 is 2.00 bits per heavy atom. The molecule has 124 valence electrons. The first-order valence-electron chi connectivity index (χ1n) is 7.75. The number of benzene rings is 1. The monoisotopic (exact) mass is 337 g/mol. The highest BCUT2D eigenvalue weighted by Gasteiger charge is 2.36. The topological polar surface area (TPSA) is 79.5 Å². The summed E-state index contributed by atoms with van der Waals surface area (Å²) in [4.78, 5) is 23.4. The number of ether oxygens (including phenoxy) is 1. The van der Waals surface area contributed by atoms with Crippen molar-refractivity contribution in [1.82, 2.24) is 16.0 Å². The van der Waals surface area contributed by atoms with Crippen LogP contribution in [0.25, 0.3) is 0 Å². The Hall–Kier alpha value is -1.79. The van der Waals surface area contributed by atoms with Gasteiger partial charge in [0.1, 0.15) is 6.04 Å². The molecule has 1 aromatic rings. The minimum atomic E-state index is -0.510. The third-order valence-corrected chi connectivity index (χ3v) is 4.85. The zero-order chi connectivity index (χ0) is 16.3. The van der Waals surface area contributed by atoms with Crippen LogP contribution in [0.2, 0.25) is 5.02 Å². The van der Waals surface area contributed by atoms with Crippen LogP contribution in [0.5, 0.6) is 0 Å². The van der Waals surface area contributed by atoms with Gasteiger partial charge < -0.3 is 20.7 Å². The highest BCUT2D eigenvalue weighted by Crippen LogP contribution is 2.34. The van der Waals surface area contributed by atoms with Crippen molar-refractivity contribution in [3.05, 3.63) is 34.9 Å². The predicted molar refractivity (Wildman–Crippen MR) is 86.5 cm³/mol. The molecular formula is C16H20ClN3O3. The van der Waals surface area contributed by atoms with E-state index in [0.29, 0.717) is 31.3 Å². The van der Waals surface area contributed by atoms with Crippen molar-refractivity contribution in [2.45, 2.75) is 24.3 Å². The lowest BCUT2D eigenvalue weighted by molar-refractivity contribution is -0.122. The molecule has 3 amide bonds. The maximum atomic E-state index is 12.2. The zero-order valence-corrected chi connectivity index (χ0v) is 13.5. The highest BCUT2D eigenvalue weighted by atomic mass is 35.5. The van der Waals surface area contributed by atoms with E-state index in [1.54, 1.807) is 0 Å². The van der Waals surface area contributed by atoms with Gasteiger partial charge >= 0.3 is 6.03 Å². The summed E-state index contributed by atoms with van der Waals surface area (Å²) in [7, 11) is 0. The van der Waals surface area contributed by atoms with Crippen molar-refractivity contribution in [2.75, 3.05) is 26.3 Å². The molecule has 7 heteroatoms. The molecule has 3 rings (SSSR count). The number of hydrogen-bond acceptors (Lipinski definition) is 3. The largest absolute Gasteiger partial charge is 0.381 e. The van der Waals surface area contributed by atoms with Crippen LogP contribution in [0.15, 0.2) is 24.3 Å². The van der Waals surface area contributed by atoms with Crippen LogP contribution in [-0.4, -0.2) is 44.3 Å². The van der Waals surface area contributed by atoms with E-state index in [-0.39, 0.29) is 17.4 Å². The summed E-state index contributed by atoms with van der Waals surface area (Å²) in [5.74, 6) is -0.164. The van der Waals surface area contributed by atoms with Crippen molar-refractivity contribution in [3.8, 4) is 0 Å². The van der Waals surface area contributed by atoms with Gasteiger partial charge in [-0.2, -0.15) is 0 Å². The Morgan fingerprint density at radius 1 is 1.30 bits per heavy atom. The third-order valence-electron chi connectivity index (χ3n) is 4.60. The van der Waals surface area contributed by atoms with Crippen molar-refractivity contribution >= 4 is 23.5 Å². The van der Waals surface area contributed by atoms with Gasteiger partial charge in [0.05, 0.1) is 0 Å². The molecule has 2 heterocycles. The number of amides is 3. The van der Waals surface area contributed by atoms with Crippen LogP contribution in [0.3, 0.4) is 0 Å². The van der Waals surface area contributed by atoms with E-state index in [4.69, 9.17) is 16.3 Å². The molecule has 0 aliphatic carbocycles. The highest BCUT2D eigenvalue weighted by molar-refractivity contribution is 6.30. The summed E-state index contributed by atoms with van der Waals surface area (Å²) in [6.07, 6.45) is 1.67. The van der Waals surface area contributed by atoms with Crippen LogP contribution >= 0.6 is 11.6 Å². The van der Waals surface area contributed by atoms with Crippen molar-refractivity contribution < 1.29 is 14.3 Å². The van der Waals surface area contributed by atoms with E-state index in [2.05, 4.69) is 16.0 Å². The van der Waals surface area contributed by atoms with Gasteiger partial charge in [0.25, 0.3) is 0 Å². The van der Waals surface area contributed by atoms with E-state index in [1.165, 1.54) is 0 Å². The molecule has 2 saturated heterocycles. The van der Waals surface area contributed by atoms with Crippen LogP contribution in [0.1, 0.15) is 18.4 Å². The molecule has 6 nitrogen and oxygen atoms in total. The summed E-state index contributed by atoms with van der Waals surface area (Å²) in [6.45, 7) is 2.17. The second kappa shape index (κ2) is 6.76. The molecule has 3 N–H and O–H groups in total. The Balaban J connectivity index is 1.70. The number of urea groups is 1. The Morgan fingerprint density at radius 3 is 2.61 bits per heavy atom. The molecule has 0 aromatic heterocycles. The molecule has 2 aliphatic rings. The standard InChI is InChI=1S/C16H20ClN3O3/c17-12-3-1-11(2-4-12)16(5-7-23-8-6-16)10-19-14(21)13-9-18-15(22)20-13/h1-4,13H,5-10H2,(H,19,21)(H2,18,20,22)/t13-/m0/s1. The van der Waals surface area contributed by atoms with E-state index >= 15 is 0 Å². The SMILES string of the molecule is O=C1NC[C@@H](C(=O)NCC2(c3ccc(Cl)cc3)CCOCC2)N1. The predicted octanol–water partition coefficient (Wildman–Crippen LogP) is 1.19. The fourth-order valence-electron chi connectivity index (χ4n) is 3.13. The fraction of sp³-hybridized carbons (Fsp3) is 0.500. The molecule has 1 aromatic carbocycles. The Kier molecular flexibility index (Phi) is 4.73. The maximum Gasteiger partial charge on any atom is 0.315 e. The number of rotatable bonds is 4. The first-order chi connectivity index (χ1) is 11.1. The summed E-state index contributed by atoms with van der Waals surface area (Å²) in [6, 6.07) is 6.96. The number of hydrogen-bond donors (Lipinski definition) is 3. The van der Waals surface area contributed by atoms with E-state index < -0.39 is 6.04 Å². The molecule has 1 atom stereocenters. The zero-order valence-electron chi connectivity index (χ0n) is 12.7. The van der Waals surface area contributed by atoms with Crippen molar-refractivity contribution in [2.24, 2.45) is 0 Å². The van der Waals surface area contributed by atoms with Crippen molar-refractivity contribution in [1.29, 1.82) is 0 Å². The van der Waals surface area contributed by atoms with Gasteiger partial charge in [-0.15, -0.1) is 0 Å². The van der Waals surface area contributed by atoms with Gasteiger partial charge in [-0.25, -0.2) is 4.79 Å². The quantitative estimate of drug-likeness (QED) is 0.772. The van der Waals surface area contributed by atoms with Gasteiger partial charge in [0.15, 0.2) is 0 Å². The van der Waals surface area contributed by atoms with E-state index in [1.807, 2.05) is 24.3 Å². The molecule has 0 radical (unpaired) electrons. The van der Waals surface area contributed by atoms with Crippen LogP contribution in [-0.2, 0) is 14.9 Å². The fourth-order valence-corrected chi connectivity index (χ4v) is 3.25. The molecule has 2 aliphatic heterocycles. The molecule has 23 heavy (non-hydrogen) atoms. The minimum absolute atomic E-state index is 0.158. The first-order valence-corrected chi connectivity index (χ1v) is 8.13. The maximum absolute atomic E-state index is 12.2. The summed E-state index contributed by atoms with van der Waals surface area (Å²) in [5, 5.41) is 8.87. The summed E-state index contributed by atoms with van der Waals surface area (Å²) < 4.78 is 5.48. The van der Waals surface area contributed by atoms with Gasteiger partial charge in [-0.05, 0) is 30.5 Å². The molecule has 0 bridgehead atoms. The lowest BCUT2D eigenvalue weighted by Crippen LogP contribution is -2.49. The first kappa shape index (κ1) is 16.1.